The molecule has 4 rings (SSSR count). The van der Waals surface area contributed by atoms with Gasteiger partial charge in [-0.25, -0.2) is 8.78 Å². The van der Waals surface area contributed by atoms with Crippen LogP contribution >= 0.6 is 20.7 Å². The lowest BCUT2D eigenvalue weighted by molar-refractivity contribution is -0.127. The van der Waals surface area contributed by atoms with Crippen molar-refractivity contribution < 1.29 is 33.0 Å². The van der Waals surface area contributed by atoms with Gasteiger partial charge in [-0.3, -0.25) is 9.59 Å². The summed E-state index contributed by atoms with van der Waals surface area (Å²) in [5, 5.41) is 14.5. The number of aliphatic hydroxyl groups is 1. The second-order valence-electron chi connectivity index (χ2n) is 11.2. The number of carbonyl (C=O) groups is 2. The number of hydrogen-bond donors (Lipinski definition) is 2. The molecule has 0 saturated heterocycles. The van der Waals surface area contributed by atoms with E-state index in [1.807, 2.05) is 12.2 Å². The molecule has 0 bridgehead atoms. The first-order chi connectivity index (χ1) is 18.3. The van der Waals surface area contributed by atoms with Gasteiger partial charge in [-0.1, -0.05) is 38.5 Å². The third kappa shape index (κ3) is 8.83. The van der Waals surface area contributed by atoms with Gasteiger partial charge < -0.3 is 19.9 Å². The van der Waals surface area contributed by atoms with Crippen LogP contribution in [0.3, 0.4) is 0 Å². The summed E-state index contributed by atoms with van der Waals surface area (Å²) in [6.45, 7) is 1.06. The maximum absolute atomic E-state index is 13.4. The van der Waals surface area contributed by atoms with E-state index in [4.69, 9.17) is 9.47 Å². The van der Waals surface area contributed by atoms with Crippen molar-refractivity contribution in [1.29, 1.82) is 0 Å². The van der Waals surface area contributed by atoms with Gasteiger partial charge in [-0.2, -0.15) is 0 Å². The lowest BCUT2D eigenvalue weighted by atomic mass is 9.83. The Bertz CT molecular complexity index is 916. The molecule has 2 N–H and O–H groups in total. The molecule has 9 heteroatoms. The van der Waals surface area contributed by atoms with Crippen LogP contribution in [-0.4, -0.2) is 51.6 Å². The number of aliphatic hydroxyl groups excluding tert-OH is 1. The number of unbranched alkanes of at least 4 members (excludes halogenated alkanes) is 1. The minimum atomic E-state index is -2.63. The Hall–Kier alpha value is -1.36. The SMILES string of the molecule is O=C(CCCCC(=O)C1CCC(F)(F)CC1)N[C@H](CC1CCCCCC1)C(O)C1=IC2=C(C=C1)OCCO2. The molecular formula is C29H42F2INO5. The maximum Gasteiger partial charge on any atom is 0.248 e. The first-order valence-corrected chi connectivity index (χ1v) is 16.5. The predicted molar refractivity (Wildman–Crippen MR) is 151 cm³/mol. The number of hydrogen-bond acceptors (Lipinski definition) is 5. The summed E-state index contributed by atoms with van der Waals surface area (Å²) in [7, 11) is 0. The Morgan fingerprint density at radius 1 is 1.00 bits per heavy atom. The second-order valence-corrected chi connectivity index (χ2v) is 13.9. The highest BCUT2D eigenvalue weighted by Crippen LogP contribution is 2.37. The number of ketones is 1. The second kappa shape index (κ2) is 14.3. The van der Waals surface area contributed by atoms with E-state index in [-0.39, 0.29) is 55.8 Å². The highest BCUT2D eigenvalue weighted by Gasteiger charge is 2.37. The van der Waals surface area contributed by atoms with Crippen molar-refractivity contribution in [3.05, 3.63) is 21.7 Å². The number of carbonyl (C=O) groups excluding carboxylic acids is 2. The quantitative estimate of drug-likeness (QED) is 0.161. The van der Waals surface area contributed by atoms with E-state index in [1.165, 1.54) is 25.7 Å². The van der Waals surface area contributed by atoms with Gasteiger partial charge in [0, 0.05) is 35.1 Å². The first-order valence-electron chi connectivity index (χ1n) is 14.4. The van der Waals surface area contributed by atoms with Gasteiger partial charge in [0.25, 0.3) is 0 Å². The summed E-state index contributed by atoms with van der Waals surface area (Å²) >= 11 is -0.701. The minimum Gasteiger partial charge on any atom is -0.486 e. The Morgan fingerprint density at radius 3 is 2.42 bits per heavy atom. The van der Waals surface area contributed by atoms with E-state index in [2.05, 4.69) is 5.32 Å². The number of nitrogens with one attached hydrogen (secondary N) is 1. The van der Waals surface area contributed by atoms with Crippen LogP contribution in [0.5, 0.6) is 0 Å². The van der Waals surface area contributed by atoms with E-state index >= 15 is 0 Å². The molecule has 4 aliphatic rings. The number of halogens is 3. The number of alkyl halides is 2. The molecular weight excluding hydrogens is 607 g/mol. The van der Waals surface area contributed by atoms with Crippen molar-refractivity contribution in [3.8, 4) is 0 Å². The zero-order chi connectivity index (χ0) is 27.0. The van der Waals surface area contributed by atoms with Crippen molar-refractivity contribution in [2.75, 3.05) is 13.2 Å². The van der Waals surface area contributed by atoms with Crippen molar-refractivity contribution in [3.63, 3.8) is 0 Å². The number of allylic oxidation sites excluding steroid dienone is 1. The first kappa shape index (κ1) is 29.6. The van der Waals surface area contributed by atoms with E-state index in [9.17, 15) is 23.5 Å². The molecule has 1 unspecified atom stereocenters. The standard InChI is InChI=1S/C29H42F2INO5/c30-29(31)15-13-21(14-16-29)24(34)9-5-6-10-26(35)33-23(19-20-7-3-1-2-4-8-20)27(36)22-11-12-25-28(32-22)38-18-17-37-25/h11-12,20-21,23,27,36H,1-10,13-19H2,(H,33,35)/t23-,27?/m1/s1. The largest absolute Gasteiger partial charge is 0.486 e. The summed E-state index contributed by atoms with van der Waals surface area (Å²) in [5.41, 5.74) is 0. The molecule has 6 nitrogen and oxygen atoms in total. The van der Waals surface area contributed by atoms with E-state index in [1.54, 1.807) is 0 Å². The fourth-order valence-corrected chi connectivity index (χ4v) is 8.54. The van der Waals surface area contributed by atoms with E-state index in [0.717, 1.165) is 32.3 Å². The monoisotopic (exact) mass is 649 g/mol. The summed E-state index contributed by atoms with van der Waals surface area (Å²) in [6.07, 6.45) is 12.8. The van der Waals surface area contributed by atoms with Crippen LogP contribution in [-0.2, 0) is 19.1 Å². The minimum absolute atomic E-state index is 0.0505. The number of rotatable bonds is 11. The Balaban J connectivity index is 1.29. The van der Waals surface area contributed by atoms with Gasteiger partial charge in [0.1, 0.15) is 25.1 Å². The lowest BCUT2D eigenvalue weighted by Gasteiger charge is -2.30. The molecule has 2 heterocycles. The highest BCUT2D eigenvalue weighted by molar-refractivity contribution is 14.2. The summed E-state index contributed by atoms with van der Waals surface area (Å²) in [6, 6.07) is -0.359. The van der Waals surface area contributed by atoms with E-state index < -0.39 is 32.8 Å². The van der Waals surface area contributed by atoms with Crippen molar-refractivity contribution in [2.45, 2.75) is 114 Å². The molecule has 0 aromatic rings. The maximum atomic E-state index is 13.4. The van der Waals surface area contributed by atoms with Crippen LogP contribution in [0, 0.1) is 11.8 Å². The summed E-state index contributed by atoms with van der Waals surface area (Å²) < 4.78 is 40.0. The lowest BCUT2D eigenvalue weighted by Crippen LogP contribution is -2.47. The normalized spacial score (nSPS) is 24.0. The molecule has 2 fully saturated rings. The van der Waals surface area contributed by atoms with Crippen LogP contribution < -0.4 is 5.32 Å². The van der Waals surface area contributed by atoms with Crippen molar-refractivity contribution in [1.82, 2.24) is 5.32 Å². The Morgan fingerprint density at radius 2 is 1.68 bits per heavy atom. The van der Waals surface area contributed by atoms with Gasteiger partial charge in [0.05, 0.1) is 6.04 Å². The third-order valence-corrected chi connectivity index (χ3v) is 11.1. The molecule has 2 aliphatic heterocycles. The third-order valence-electron chi connectivity index (χ3n) is 8.17. The molecule has 0 spiro atoms. The highest BCUT2D eigenvalue weighted by atomic mass is 127. The van der Waals surface area contributed by atoms with Gasteiger partial charge >= 0.3 is 0 Å². The van der Waals surface area contributed by atoms with E-state index in [0.29, 0.717) is 38.4 Å². The molecule has 2 atom stereocenters. The average molecular weight is 650 g/mol. The molecule has 0 aromatic carbocycles. The van der Waals surface area contributed by atoms with Crippen molar-refractivity contribution in [2.24, 2.45) is 11.8 Å². The van der Waals surface area contributed by atoms with Gasteiger partial charge in [-0.15, -0.1) is 0 Å². The smallest absolute Gasteiger partial charge is 0.248 e. The fraction of sp³-hybridized carbons (Fsp3) is 0.759. The molecule has 0 aromatic heterocycles. The van der Waals surface area contributed by atoms with Crippen LogP contribution in [0.4, 0.5) is 8.78 Å². The number of Topliss-reactive ketones (excluding diaryl/α,β-unsaturated/α-hetero) is 1. The van der Waals surface area contributed by atoms with Gasteiger partial charge in [0.15, 0.2) is 9.53 Å². The van der Waals surface area contributed by atoms with Crippen LogP contribution in [0.2, 0.25) is 0 Å². The molecule has 2 saturated carbocycles. The topological polar surface area (TPSA) is 84.9 Å². The zero-order valence-electron chi connectivity index (χ0n) is 22.2. The Kier molecular flexibility index (Phi) is 11.2. The number of ether oxygens (including phenoxy) is 2. The molecule has 2 aliphatic carbocycles. The van der Waals surface area contributed by atoms with Crippen LogP contribution in [0.15, 0.2) is 21.7 Å². The Labute approximate surface area is 234 Å². The zero-order valence-corrected chi connectivity index (χ0v) is 24.4. The van der Waals surface area contributed by atoms with Crippen molar-refractivity contribution >= 4 is 35.9 Å². The average Bonchev–Trinajstić information content (AvgIpc) is 3.18. The van der Waals surface area contributed by atoms with Crippen LogP contribution in [0.25, 0.3) is 0 Å². The number of amides is 1. The molecule has 38 heavy (non-hydrogen) atoms. The molecule has 214 valence electrons. The van der Waals surface area contributed by atoms with Gasteiger partial charge in [0.2, 0.25) is 11.8 Å². The summed E-state index contributed by atoms with van der Waals surface area (Å²) in [4.78, 5) is 25.4. The molecule has 0 radical (unpaired) electrons. The van der Waals surface area contributed by atoms with Crippen LogP contribution in [0.1, 0.15) is 96.3 Å². The predicted octanol–water partition coefficient (Wildman–Crippen LogP) is 6.08. The molecule has 1 amide bonds. The van der Waals surface area contributed by atoms with Gasteiger partial charge in [-0.05, 0) is 70.9 Å². The fourth-order valence-electron chi connectivity index (χ4n) is 5.89. The summed E-state index contributed by atoms with van der Waals surface area (Å²) in [5.74, 6) is -1.70.